The lowest BCUT2D eigenvalue weighted by atomic mass is 9.67. The molecule has 0 heterocycles. The quantitative estimate of drug-likeness (QED) is 0.392. The molecular weight excluding hydrogens is 419 g/mol. The average molecular weight is 458 g/mol. The lowest BCUT2D eigenvalue weighted by molar-refractivity contribution is -0.0978. The molecule has 0 unspecified atom stereocenters. The van der Waals surface area contributed by atoms with Gasteiger partial charge in [0.2, 0.25) is 0 Å². The van der Waals surface area contributed by atoms with Gasteiger partial charge in [-0.05, 0) is 124 Å². The number of nitrogens with zero attached hydrogens (tertiary/aromatic N) is 1. The van der Waals surface area contributed by atoms with E-state index in [4.69, 9.17) is 5.26 Å². The predicted octanol–water partition coefficient (Wildman–Crippen LogP) is 8.80. The van der Waals surface area contributed by atoms with Crippen LogP contribution in [-0.2, 0) is 0 Å². The Hall–Kier alpha value is -1.76. The van der Waals surface area contributed by atoms with Gasteiger partial charge in [0.15, 0.2) is 0 Å². The van der Waals surface area contributed by atoms with Crippen molar-refractivity contribution in [2.75, 3.05) is 0 Å². The van der Waals surface area contributed by atoms with Gasteiger partial charge in [-0.3, -0.25) is 0 Å². The topological polar surface area (TPSA) is 23.8 Å². The Kier molecular flexibility index (Phi) is 7.87. The Morgan fingerprint density at radius 3 is 2.06 bits per heavy atom. The highest BCUT2D eigenvalue weighted by Crippen LogP contribution is 2.48. The zero-order valence-corrected chi connectivity index (χ0v) is 19.8. The number of hydrogen-bond donors (Lipinski definition) is 0. The fourth-order valence-electron chi connectivity index (χ4n) is 6.99. The van der Waals surface area contributed by atoms with Gasteiger partial charge in [-0.25, -0.2) is 13.2 Å². The van der Waals surface area contributed by atoms with Gasteiger partial charge in [-0.15, -0.1) is 6.58 Å². The number of halogens is 3. The number of alkyl halides is 2. The second-order valence-electron chi connectivity index (χ2n) is 11.1. The Bertz CT molecular complexity index is 833. The monoisotopic (exact) mass is 457 g/mol. The highest BCUT2D eigenvalue weighted by atomic mass is 19.3. The summed E-state index contributed by atoms with van der Waals surface area (Å²) in [5.74, 6) is -1.19. The molecule has 1 aromatic carbocycles. The summed E-state index contributed by atoms with van der Waals surface area (Å²) in [5, 5.41) is 8.91. The maximum Gasteiger partial charge on any atom is 0.251 e. The molecule has 3 aliphatic rings. The van der Waals surface area contributed by atoms with Crippen LogP contribution in [0, 0.1) is 46.7 Å². The molecule has 0 amide bonds. The van der Waals surface area contributed by atoms with E-state index in [1.165, 1.54) is 37.8 Å². The van der Waals surface area contributed by atoms with E-state index in [0.717, 1.165) is 50.0 Å². The summed E-state index contributed by atoms with van der Waals surface area (Å²) >= 11 is 0. The lowest BCUT2D eigenvalue weighted by Crippen LogP contribution is -2.36. The molecule has 0 aromatic heterocycles. The normalized spacial score (nSPS) is 33.3. The summed E-state index contributed by atoms with van der Waals surface area (Å²) in [5.41, 5.74) is 0.961. The van der Waals surface area contributed by atoms with Gasteiger partial charge in [0, 0.05) is 12.3 Å². The number of rotatable bonds is 6. The smallest absolute Gasteiger partial charge is 0.207 e. The second kappa shape index (κ2) is 10.7. The Morgan fingerprint density at radius 1 is 0.909 bits per heavy atom. The highest BCUT2D eigenvalue weighted by Gasteiger charge is 2.44. The molecule has 0 saturated heterocycles. The van der Waals surface area contributed by atoms with Gasteiger partial charge >= 0.3 is 0 Å². The zero-order chi connectivity index (χ0) is 23.4. The van der Waals surface area contributed by atoms with Gasteiger partial charge in [-0.1, -0.05) is 12.1 Å². The molecule has 4 rings (SSSR count). The minimum absolute atomic E-state index is 0.0151. The third-order valence-corrected chi connectivity index (χ3v) is 9.18. The number of nitriles is 1. The highest BCUT2D eigenvalue weighted by molar-refractivity contribution is 5.34. The van der Waals surface area contributed by atoms with E-state index >= 15 is 8.78 Å². The lowest BCUT2D eigenvalue weighted by Gasteiger charge is -2.40. The van der Waals surface area contributed by atoms with E-state index in [9.17, 15) is 4.39 Å². The number of allylic oxidation sites excluding steroid dienone is 1. The number of hydrogen-bond acceptors (Lipinski definition) is 1. The van der Waals surface area contributed by atoms with Crippen LogP contribution in [-0.4, -0.2) is 5.92 Å². The standard InChI is InChI=1S/C29H38F3N/c1-2-20-3-7-22(8-4-20)23-13-15-27(16-14-23)29(31,32)18-21-5-9-24(10-6-21)25-11-12-26(19-33)28(30)17-25/h2,11-12,17,20-24,27H,1,3-10,13-16,18H2. The SMILES string of the molecule is C=CC1CCC(C2CCC(C(F)(F)CC3CCC(c4ccc(C#N)c(F)c4)CC3)CC2)CC1. The predicted molar refractivity (Wildman–Crippen MR) is 126 cm³/mol. The maximum atomic E-state index is 15.2. The molecule has 4 heteroatoms. The maximum absolute atomic E-state index is 15.2. The summed E-state index contributed by atoms with van der Waals surface area (Å²) in [6.45, 7) is 3.93. The van der Waals surface area contributed by atoms with Crippen LogP contribution in [0.15, 0.2) is 30.9 Å². The van der Waals surface area contributed by atoms with Crippen molar-refractivity contribution < 1.29 is 13.2 Å². The second-order valence-corrected chi connectivity index (χ2v) is 11.1. The van der Waals surface area contributed by atoms with Gasteiger partial charge in [-0.2, -0.15) is 5.26 Å². The van der Waals surface area contributed by atoms with Crippen molar-refractivity contribution in [1.82, 2.24) is 0 Å². The van der Waals surface area contributed by atoms with Crippen molar-refractivity contribution in [3.8, 4) is 6.07 Å². The van der Waals surface area contributed by atoms with E-state index < -0.39 is 17.7 Å². The van der Waals surface area contributed by atoms with Crippen LogP contribution in [0.5, 0.6) is 0 Å². The zero-order valence-electron chi connectivity index (χ0n) is 19.8. The average Bonchev–Trinajstić information content (AvgIpc) is 2.84. The van der Waals surface area contributed by atoms with Crippen LogP contribution in [0.3, 0.4) is 0 Å². The summed E-state index contributed by atoms with van der Waals surface area (Å²) in [4.78, 5) is 0. The van der Waals surface area contributed by atoms with Crippen molar-refractivity contribution in [1.29, 1.82) is 5.26 Å². The van der Waals surface area contributed by atoms with E-state index in [-0.39, 0.29) is 23.8 Å². The molecule has 0 N–H and O–H groups in total. The third kappa shape index (κ3) is 5.84. The van der Waals surface area contributed by atoms with Crippen LogP contribution in [0.2, 0.25) is 0 Å². The van der Waals surface area contributed by atoms with E-state index in [1.54, 1.807) is 0 Å². The Morgan fingerprint density at radius 2 is 1.52 bits per heavy atom. The van der Waals surface area contributed by atoms with Crippen molar-refractivity contribution in [2.24, 2.45) is 29.6 Å². The van der Waals surface area contributed by atoms with Crippen molar-refractivity contribution >= 4 is 0 Å². The van der Waals surface area contributed by atoms with Gasteiger partial charge in [0.1, 0.15) is 11.9 Å². The van der Waals surface area contributed by atoms with Crippen LogP contribution < -0.4 is 0 Å². The van der Waals surface area contributed by atoms with Gasteiger partial charge in [0.25, 0.3) is 5.92 Å². The molecule has 1 aromatic rings. The summed E-state index contributed by atoms with van der Waals surface area (Å²) in [7, 11) is 0. The first-order valence-corrected chi connectivity index (χ1v) is 13.1. The molecule has 0 bridgehead atoms. The molecule has 1 nitrogen and oxygen atoms in total. The molecule has 3 saturated carbocycles. The van der Waals surface area contributed by atoms with Crippen molar-refractivity contribution in [3.05, 3.63) is 47.8 Å². The van der Waals surface area contributed by atoms with E-state index in [0.29, 0.717) is 24.7 Å². The largest absolute Gasteiger partial charge is 0.251 e. The number of benzene rings is 1. The van der Waals surface area contributed by atoms with E-state index in [2.05, 4.69) is 12.7 Å². The molecule has 3 fully saturated rings. The van der Waals surface area contributed by atoms with Crippen LogP contribution in [0.1, 0.15) is 101 Å². The molecule has 0 spiro atoms. The van der Waals surface area contributed by atoms with E-state index in [1.807, 2.05) is 12.1 Å². The first-order chi connectivity index (χ1) is 15.9. The van der Waals surface area contributed by atoms with Crippen molar-refractivity contribution in [2.45, 2.75) is 95.3 Å². The molecule has 0 radical (unpaired) electrons. The first-order valence-electron chi connectivity index (χ1n) is 13.1. The molecule has 33 heavy (non-hydrogen) atoms. The molecule has 0 aliphatic heterocycles. The minimum atomic E-state index is -2.57. The fourth-order valence-corrected chi connectivity index (χ4v) is 6.99. The Labute approximate surface area is 197 Å². The van der Waals surface area contributed by atoms with Gasteiger partial charge < -0.3 is 0 Å². The summed E-state index contributed by atoms with van der Waals surface area (Å²) < 4.78 is 44.4. The summed E-state index contributed by atoms with van der Waals surface area (Å²) in [6.07, 6.45) is 13.6. The first kappa shape index (κ1) is 24.4. The molecular formula is C29H38F3N. The van der Waals surface area contributed by atoms with Crippen LogP contribution in [0.4, 0.5) is 13.2 Å². The van der Waals surface area contributed by atoms with Crippen molar-refractivity contribution in [3.63, 3.8) is 0 Å². The fraction of sp³-hybridized carbons (Fsp3) is 0.690. The Balaban J connectivity index is 1.23. The molecule has 0 atom stereocenters. The minimum Gasteiger partial charge on any atom is -0.207 e. The third-order valence-electron chi connectivity index (χ3n) is 9.18. The molecule has 3 aliphatic carbocycles. The van der Waals surface area contributed by atoms with Crippen LogP contribution in [0.25, 0.3) is 0 Å². The molecule has 180 valence electrons. The van der Waals surface area contributed by atoms with Crippen LogP contribution >= 0.6 is 0 Å². The summed E-state index contributed by atoms with van der Waals surface area (Å²) in [6, 6.07) is 6.67. The van der Waals surface area contributed by atoms with Gasteiger partial charge in [0.05, 0.1) is 5.56 Å².